The van der Waals surface area contributed by atoms with E-state index in [-0.39, 0.29) is 16.9 Å². The summed E-state index contributed by atoms with van der Waals surface area (Å²) >= 11 is 0. The fourth-order valence-corrected chi connectivity index (χ4v) is 8.83. The first-order chi connectivity index (χ1) is 11.3. The molecule has 3 heteroatoms. The predicted octanol–water partition coefficient (Wildman–Crippen LogP) is 2.79. The second kappa shape index (κ2) is 3.96. The molecule has 24 heavy (non-hydrogen) atoms. The van der Waals surface area contributed by atoms with Crippen LogP contribution in [0.15, 0.2) is 0 Å². The van der Waals surface area contributed by atoms with Crippen molar-refractivity contribution >= 4 is 5.78 Å². The summed E-state index contributed by atoms with van der Waals surface area (Å²) in [5, 5.41) is 21.9. The van der Waals surface area contributed by atoms with Crippen LogP contribution < -0.4 is 0 Å². The van der Waals surface area contributed by atoms with E-state index in [1.165, 1.54) is 0 Å². The number of rotatable bonds is 0. The summed E-state index contributed by atoms with van der Waals surface area (Å²) in [6, 6.07) is 0. The molecule has 6 aliphatic rings. The van der Waals surface area contributed by atoms with Crippen molar-refractivity contribution in [1.29, 1.82) is 0 Å². The molecule has 0 aromatic carbocycles. The fourth-order valence-electron chi connectivity index (χ4n) is 8.83. The first kappa shape index (κ1) is 14.7. The molecule has 0 radical (unpaired) electrons. The molecule has 4 unspecified atom stereocenters. The van der Waals surface area contributed by atoms with Crippen molar-refractivity contribution in [1.82, 2.24) is 0 Å². The predicted molar refractivity (Wildman–Crippen MR) is 88.9 cm³/mol. The molecule has 0 bridgehead atoms. The third-order valence-electron chi connectivity index (χ3n) is 10.1. The summed E-state index contributed by atoms with van der Waals surface area (Å²) in [5.41, 5.74) is -0.760. The summed E-state index contributed by atoms with van der Waals surface area (Å²) < 4.78 is 0. The molecule has 0 aromatic heterocycles. The Balaban J connectivity index is 1.45. The van der Waals surface area contributed by atoms with E-state index in [1.54, 1.807) is 0 Å². The van der Waals surface area contributed by atoms with Gasteiger partial charge in [-0.15, -0.1) is 0 Å². The van der Waals surface area contributed by atoms with E-state index in [2.05, 4.69) is 13.8 Å². The molecular weight excluding hydrogens is 300 g/mol. The number of hydrogen-bond donors (Lipinski definition) is 2. The number of aliphatic hydroxyl groups is 2. The zero-order chi connectivity index (χ0) is 16.6. The smallest absolute Gasteiger partial charge is 0.142 e. The van der Waals surface area contributed by atoms with Crippen LogP contribution in [0.3, 0.4) is 0 Å². The van der Waals surface area contributed by atoms with Crippen molar-refractivity contribution < 1.29 is 15.0 Å². The van der Waals surface area contributed by atoms with Crippen molar-refractivity contribution in [3.8, 4) is 0 Å². The van der Waals surface area contributed by atoms with Gasteiger partial charge in [-0.25, -0.2) is 0 Å². The topological polar surface area (TPSA) is 57.5 Å². The van der Waals surface area contributed by atoms with Gasteiger partial charge in [-0.3, -0.25) is 4.79 Å². The van der Waals surface area contributed by atoms with Gasteiger partial charge in [0, 0.05) is 17.8 Å². The molecule has 0 aliphatic heterocycles. The van der Waals surface area contributed by atoms with Gasteiger partial charge in [0.1, 0.15) is 5.78 Å². The van der Waals surface area contributed by atoms with E-state index in [9.17, 15) is 15.0 Å². The van der Waals surface area contributed by atoms with Crippen molar-refractivity contribution in [3.63, 3.8) is 0 Å². The highest BCUT2D eigenvalue weighted by atomic mass is 16.3. The first-order valence-electron chi connectivity index (χ1n) is 10.3. The van der Waals surface area contributed by atoms with Gasteiger partial charge < -0.3 is 10.2 Å². The van der Waals surface area contributed by atoms with Crippen molar-refractivity contribution in [2.24, 2.45) is 52.3 Å². The SMILES string of the molecule is CC12CC[C@H](O)C[C@@]1(O)[C@@H]1C[C@@H]1C1C2CC[C@]2(C)C(=O)[C@H]3C[C@H]3C12. The molecule has 6 rings (SSSR count). The number of hydrogen-bond acceptors (Lipinski definition) is 3. The largest absolute Gasteiger partial charge is 0.393 e. The molecule has 6 aliphatic carbocycles. The average Bonchev–Trinajstić information content (AvgIpc) is 3.41. The third kappa shape index (κ3) is 1.37. The Morgan fingerprint density at radius 3 is 2.62 bits per heavy atom. The lowest BCUT2D eigenvalue weighted by Gasteiger charge is -2.63. The minimum Gasteiger partial charge on any atom is -0.393 e. The molecule has 2 N–H and O–H groups in total. The quantitative estimate of drug-likeness (QED) is 0.718. The van der Waals surface area contributed by atoms with Gasteiger partial charge in [0.25, 0.3) is 0 Å². The van der Waals surface area contributed by atoms with Crippen molar-refractivity contribution in [3.05, 3.63) is 0 Å². The lowest BCUT2D eigenvalue weighted by molar-refractivity contribution is -0.225. The van der Waals surface area contributed by atoms with Crippen molar-refractivity contribution in [2.75, 3.05) is 0 Å². The van der Waals surface area contributed by atoms with Gasteiger partial charge in [0.2, 0.25) is 0 Å². The Bertz CT molecular complexity index is 645. The summed E-state index contributed by atoms with van der Waals surface area (Å²) in [7, 11) is 0. The van der Waals surface area contributed by atoms with Crippen LogP contribution in [0, 0.1) is 52.3 Å². The number of carbonyl (C=O) groups is 1. The summed E-state index contributed by atoms with van der Waals surface area (Å²) in [6.45, 7) is 4.60. The minimum atomic E-state index is -0.657. The number of Topliss-reactive ketones (excluding diaryl/α,β-unsaturated/α-hetero) is 1. The molecule has 0 aromatic rings. The van der Waals surface area contributed by atoms with E-state index >= 15 is 0 Å². The highest BCUT2D eigenvalue weighted by Gasteiger charge is 2.78. The Morgan fingerprint density at radius 1 is 1.04 bits per heavy atom. The molecule has 6 saturated carbocycles. The molecule has 0 amide bonds. The Kier molecular flexibility index (Phi) is 2.43. The summed E-state index contributed by atoms with van der Waals surface area (Å²) in [5.74, 6) is 4.46. The van der Waals surface area contributed by atoms with E-state index < -0.39 is 5.60 Å². The standard InChI is InChI=1S/C21H30O3/c1-19-5-4-14-16(17(19)11-7-12(11)18(19)23)13-8-15(13)21(24)9-10(22)3-6-20(14,21)2/h10-17,22,24H,3-9H2,1-2H3/t10-,11+,12-,13-,14?,15+,16?,17?,19-,20?,21+/m0/s1. The van der Waals surface area contributed by atoms with E-state index in [0.717, 1.165) is 38.5 Å². The van der Waals surface area contributed by atoms with Gasteiger partial charge in [-0.05, 0) is 79.4 Å². The second-order valence-electron chi connectivity index (χ2n) is 10.8. The van der Waals surface area contributed by atoms with Gasteiger partial charge in [-0.2, -0.15) is 0 Å². The molecule has 0 heterocycles. The monoisotopic (exact) mass is 330 g/mol. The Hall–Kier alpha value is -0.410. The maximum absolute atomic E-state index is 12.9. The average molecular weight is 330 g/mol. The molecule has 6 fully saturated rings. The van der Waals surface area contributed by atoms with Gasteiger partial charge >= 0.3 is 0 Å². The highest BCUT2D eigenvalue weighted by molar-refractivity contribution is 5.92. The molecule has 11 atom stereocenters. The first-order valence-corrected chi connectivity index (χ1v) is 10.3. The zero-order valence-electron chi connectivity index (χ0n) is 14.9. The lowest BCUT2D eigenvalue weighted by atomic mass is 9.43. The number of ketones is 1. The maximum Gasteiger partial charge on any atom is 0.142 e. The Labute approximate surface area is 144 Å². The highest BCUT2D eigenvalue weighted by Crippen LogP contribution is 2.78. The van der Waals surface area contributed by atoms with Gasteiger partial charge in [-0.1, -0.05) is 13.8 Å². The zero-order valence-corrected chi connectivity index (χ0v) is 14.9. The van der Waals surface area contributed by atoms with E-state index in [0.29, 0.717) is 53.6 Å². The lowest BCUT2D eigenvalue weighted by Crippen LogP contribution is -2.64. The maximum atomic E-state index is 12.9. The van der Waals surface area contributed by atoms with Gasteiger partial charge in [0.05, 0.1) is 11.7 Å². The normalized spacial score (nSPS) is 69.1. The van der Waals surface area contributed by atoms with Crippen LogP contribution in [0.4, 0.5) is 0 Å². The van der Waals surface area contributed by atoms with Crippen LogP contribution >= 0.6 is 0 Å². The van der Waals surface area contributed by atoms with Crippen LogP contribution in [0.25, 0.3) is 0 Å². The van der Waals surface area contributed by atoms with Crippen LogP contribution in [-0.2, 0) is 4.79 Å². The second-order valence-corrected chi connectivity index (χ2v) is 10.8. The van der Waals surface area contributed by atoms with Crippen LogP contribution in [0.2, 0.25) is 0 Å². The number of carbonyl (C=O) groups excluding carboxylic acids is 1. The molecule has 0 spiro atoms. The fraction of sp³-hybridized carbons (Fsp3) is 0.952. The van der Waals surface area contributed by atoms with Crippen LogP contribution in [0.1, 0.15) is 58.8 Å². The van der Waals surface area contributed by atoms with E-state index in [1.807, 2.05) is 0 Å². The number of fused-ring (bicyclic) bond motifs is 10. The van der Waals surface area contributed by atoms with Gasteiger partial charge in [0.15, 0.2) is 0 Å². The number of aliphatic hydroxyl groups excluding tert-OH is 1. The van der Waals surface area contributed by atoms with Crippen LogP contribution in [0.5, 0.6) is 0 Å². The third-order valence-corrected chi connectivity index (χ3v) is 10.1. The molecule has 0 saturated heterocycles. The summed E-state index contributed by atoms with van der Waals surface area (Å²) in [6.07, 6.45) is 6.50. The van der Waals surface area contributed by atoms with Crippen molar-refractivity contribution in [2.45, 2.75) is 70.5 Å². The minimum absolute atomic E-state index is 0.0497. The Morgan fingerprint density at radius 2 is 1.83 bits per heavy atom. The van der Waals surface area contributed by atoms with E-state index in [4.69, 9.17) is 0 Å². The summed E-state index contributed by atoms with van der Waals surface area (Å²) in [4.78, 5) is 12.9. The molecular formula is C21H30O3. The molecule has 3 nitrogen and oxygen atoms in total. The molecule has 132 valence electrons. The van der Waals surface area contributed by atoms with Crippen LogP contribution in [-0.4, -0.2) is 27.7 Å².